The molecule has 0 aromatic heterocycles. The number of fused-ring (bicyclic) bond motifs is 1. The molecule has 170 valence electrons. The highest BCUT2D eigenvalue weighted by Crippen LogP contribution is 2.35. The number of anilines is 1. The number of carbonyl (C=O) groups excluding carboxylic acids is 1. The zero-order chi connectivity index (χ0) is 22.8. The van der Waals surface area contributed by atoms with Gasteiger partial charge >= 0.3 is 0 Å². The number of amides is 1. The van der Waals surface area contributed by atoms with Crippen LogP contribution in [0, 0.1) is 0 Å². The van der Waals surface area contributed by atoms with Crippen LogP contribution in [0.25, 0.3) is 0 Å². The molecule has 0 bridgehead atoms. The Bertz CT molecular complexity index is 1200. The fourth-order valence-corrected chi connectivity index (χ4v) is 6.09. The third kappa shape index (κ3) is 4.19. The summed E-state index contributed by atoms with van der Waals surface area (Å²) in [5.74, 6) is -0.426. The second-order valence-corrected chi connectivity index (χ2v) is 10.2. The highest BCUT2D eigenvalue weighted by atomic mass is 32.2. The summed E-state index contributed by atoms with van der Waals surface area (Å²) in [5, 5.41) is 0. The van der Waals surface area contributed by atoms with Crippen molar-refractivity contribution in [2.24, 2.45) is 0 Å². The van der Waals surface area contributed by atoms with Crippen LogP contribution < -0.4 is 4.90 Å². The summed E-state index contributed by atoms with van der Waals surface area (Å²) >= 11 is 0. The van der Waals surface area contributed by atoms with Gasteiger partial charge in [-0.2, -0.15) is 4.31 Å². The lowest BCUT2D eigenvalue weighted by atomic mass is 9.90. The van der Waals surface area contributed by atoms with E-state index in [0.29, 0.717) is 39.3 Å². The van der Waals surface area contributed by atoms with E-state index in [1.54, 1.807) is 23.1 Å². The number of ether oxygens (including phenoxy) is 1. The van der Waals surface area contributed by atoms with Gasteiger partial charge in [-0.05, 0) is 41.3 Å². The van der Waals surface area contributed by atoms with E-state index < -0.39 is 15.9 Å². The van der Waals surface area contributed by atoms with Gasteiger partial charge in [0.05, 0.1) is 24.0 Å². The Morgan fingerprint density at radius 1 is 0.818 bits per heavy atom. The quantitative estimate of drug-likeness (QED) is 0.583. The second kappa shape index (κ2) is 9.09. The van der Waals surface area contributed by atoms with Gasteiger partial charge in [0.25, 0.3) is 0 Å². The molecule has 1 saturated heterocycles. The molecule has 2 aliphatic heterocycles. The SMILES string of the molecule is O=C(C(c1ccccc1)c1ccccc1)N1CCc2cc(S(=O)(=O)N3CCOCC3)ccc21. The van der Waals surface area contributed by atoms with Gasteiger partial charge in [0.15, 0.2) is 0 Å². The molecule has 0 N–H and O–H groups in total. The first kappa shape index (κ1) is 21.8. The Labute approximate surface area is 194 Å². The maximum absolute atomic E-state index is 13.8. The molecule has 6 nitrogen and oxygen atoms in total. The van der Waals surface area contributed by atoms with Crippen molar-refractivity contribution in [2.45, 2.75) is 17.2 Å². The van der Waals surface area contributed by atoms with Crippen LogP contribution in [0.4, 0.5) is 5.69 Å². The van der Waals surface area contributed by atoms with E-state index in [9.17, 15) is 13.2 Å². The van der Waals surface area contributed by atoms with Gasteiger partial charge in [-0.3, -0.25) is 4.79 Å². The molecule has 0 saturated carbocycles. The Balaban J connectivity index is 1.46. The van der Waals surface area contributed by atoms with Crippen molar-refractivity contribution in [2.75, 3.05) is 37.7 Å². The predicted octanol–water partition coefficient (Wildman–Crippen LogP) is 3.43. The van der Waals surface area contributed by atoms with E-state index in [2.05, 4.69) is 0 Å². The highest BCUT2D eigenvalue weighted by Gasteiger charge is 2.34. The van der Waals surface area contributed by atoms with E-state index >= 15 is 0 Å². The van der Waals surface area contributed by atoms with Crippen LogP contribution in [0.1, 0.15) is 22.6 Å². The van der Waals surface area contributed by atoms with E-state index in [-0.39, 0.29) is 10.8 Å². The van der Waals surface area contributed by atoms with Crippen molar-refractivity contribution >= 4 is 21.6 Å². The first-order valence-electron chi connectivity index (χ1n) is 11.2. The monoisotopic (exact) mass is 462 g/mol. The van der Waals surface area contributed by atoms with Crippen molar-refractivity contribution in [3.8, 4) is 0 Å². The molecular formula is C26H26N2O4S. The van der Waals surface area contributed by atoms with Crippen LogP contribution in [0.15, 0.2) is 83.8 Å². The summed E-state index contributed by atoms with van der Waals surface area (Å²) in [6.07, 6.45) is 0.629. The summed E-state index contributed by atoms with van der Waals surface area (Å²) in [7, 11) is -3.57. The van der Waals surface area contributed by atoms with Gasteiger partial charge in [-0.25, -0.2) is 8.42 Å². The molecule has 1 fully saturated rings. The lowest BCUT2D eigenvalue weighted by Crippen LogP contribution is -2.40. The number of sulfonamides is 1. The second-order valence-electron chi connectivity index (χ2n) is 8.30. The molecule has 7 heteroatoms. The molecule has 3 aromatic carbocycles. The molecule has 33 heavy (non-hydrogen) atoms. The summed E-state index contributed by atoms with van der Waals surface area (Å²) in [4.78, 5) is 15.9. The summed E-state index contributed by atoms with van der Waals surface area (Å²) < 4.78 is 32.9. The topological polar surface area (TPSA) is 66.9 Å². The third-order valence-corrected chi connectivity index (χ3v) is 8.23. The maximum atomic E-state index is 13.8. The largest absolute Gasteiger partial charge is 0.379 e. The molecule has 0 radical (unpaired) electrons. The van der Waals surface area contributed by atoms with Crippen molar-refractivity contribution in [1.29, 1.82) is 0 Å². The molecule has 5 rings (SSSR count). The fourth-order valence-electron chi connectivity index (χ4n) is 4.63. The predicted molar refractivity (Wildman–Crippen MR) is 127 cm³/mol. The Morgan fingerprint density at radius 2 is 1.42 bits per heavy atom. The zero-order valence-electron chi connectivity index (χ0n) is 18.3. The van der Waals surface area contributed by atoms with Gasteiger partial charge < -0.3 is 9.64 Å². The molecule has 0 aliphatic carbocycles. The maximum Gasteiger partial charge on any atom is 0.243 e. The number of hydrogen-bond donors (Lipinski definition) is 0. The number of rotatable bonds is 5. The van der Waals surface area contributed by atoms with Crippen LogP contribution in [-0.2, 0) is 26.0 Å². The molecule has 2 aliphatic rings. The summed E-state index contributed by atoms with van der Waals surface area (Å²) in [6.45, 7) is 2.07. The lowest BCUT2D eigenvalue weighted by molar-refractivity contribution is -0.119. The Kier molecular flexibility index (Phi) is 6.01. The molecule has 0 atom stereocenters. The minimum absolute atomic E-state index is 0.00469. The minimum Gasteiger partial charge on any atom is -0.379 e. The summed E-state index contributed by atoms with van der Waals surface area (Å²) in [6, 6.07) is 24.7. The van der Waals surface area contributed by atoms with Crippen molar-refractivity contribution in [1.82, 2.24) is 4.31 Å². The normalized spacial score (nSPS) is 16.7. The molecule has 1 amide bonds. The van der Waals surface area contributed by atoms with Crippen molar-refractivity contribution < 1.29 is 17.9 Å². The standard InChI is InChI=1S/C26H26N2O4S/c29-26(25(20-7-3-1-4-8-20)21-9-5-2-6-10-21)28-14-13-22-19-23(11-12-24(22)28)33(30,31)27-15-17-32-18-16-27/h1-12,19,25H,13-18H2. The van der Waals surface area contributed by atoms with Crippen molar-refractivity contribution in [3.05, 3.63) is 95.6 Å². The van der Waals surface area contributed by atoms with Crippen LogP contribution >= 0.6 is 0 Å². The van der Waals surface area contributed by atoms with E-state index in [1.807, 2.05) is 60.7 Å². The molecular weight excluding hydrogens is 436 g/mol. The van der Waals surface area contributed by atoms with Crippen molar-refractivity contribution in [3.63, 3.8) is 0 Å². The fraction of sp³-hybridized carbons (Fsp3) is 0.269. The average molecular weight is 463 g/mol. The van der Waals surface area contributed by atoms with E-state index in [1.165, 1.54) is 4.31 Å². The van der Waals surface area contributed by atoms with E-state index in [0.717, 1.165) is 22.4 Å². The molecule has 3 aromatic rings. The number of morpholine rings is 1. The third-order valence-electron chi connectivity index (χ3n) is 6.33. The Morgan fingerprint density at radius 3 is 2.03 bits per heavy atom. The minimum atomic E-state index is -3.57. The van der Waals surface area contributed by atoms with Crippen LogP contribution in [0.2, 0.25) is 0 Å². The van der Waals surface area contributed by atoms with Crippen LogP contribution in [0.5, 0.6) is 0 Å². The van der Waals surface area contributed by atoms with Gasteiger partial charge in [0.1, 0.15) is 0 Å². The smallest absolute Gasteiger partial charge is 0.243 e. The average Bonchev–Trinajstić information content (AvgIpc) is 3.29. The first-order valence-corrected chi connectivity index (χ1v) is 12.6. The van der Waals surface area contributed by atoms with Gasteiger partial charge in [-0.1, -0.05) is 60.7 Å². The van der Waals surface area contributed by atoms with Gasteiger partial charge in [0, 0.05) is 25.3 Å². The van der Waals surface area contributed by atoms with Crippen LogP contribution in [0.3, 0.4) is 0 Å². The molecule has 0 spiro atoms. The summed E-state index contributed by atoms with van der Waals surface area (Å²) in [5.41, 5.74) is 3.55. The van der Waals surface area contributed by atoms with Gasteiger partial charge in [0.2, 0.25) is 15.9 Å². The van der Waals surface area contributed by atoms with Gasteiger partial charge in [-0.15, -0.1) is 0 Å². The number of hydrogen-bond acceptors (Lipinski definition) is 4. The van der Waals surface area contributed by atoms with Crippen LogP contribution in [-0.4, -0.2) is 51.5 Å². The molecule has 2 heterocycles. The number of benzene rings is 3. The Hall–Kier alpha value is -3.00. The lowest BCUT2D eigenvalue weighted by Gasteiger charge is -2.27. The number of carbonyl (C=O) groups is 1. The number of nitrogens with zero attached hydrogens (tertiary/aromatic N) is 2. The molecule has 0 unspecified atom stereocenters. The zero-order valence-corrected chi connectivity index (χ0v) is 19.1. The van der Waals surface area contributed by atoms with E-state index in [4.69, 9.17) is 4.74 Å². The first-order chi connectivity index (χ1) is 16.1. The highest BCUT2D eigenvalue weighted by molar-refractivity contribution is 7.89.